The fraction of sp³-hybridized carbons (Fsp3) is 0.0769. The summed E-state index contributed by atoms with van der Waals surface area (Å²) in [5, 5.41) is 0. The first-order chi connectivity index (χ1) is 9.91. The molecule has 0 bridgehead atoms. The summed E-state index contributed by atoms with van der Waals surface area (Å²) in [6.45, 7) is 0. The molecular weight excluding hydrogens is 572 g/mol. The summed E-state index contributed by atoms with van der Waals surface area (Å²) in [4.78, 5) is 0.843. The van der Waals surface area contributed by atoms with Gasteiger partial charge >= 0.3 is 0 Å². The quantitative estimate of drug-likeness (QED) is 0.291. The Hall–Kier alpha value is 0.660. The SMILES string of the molecule is CS(=O)Sc1c(Br)c(Br)c(Oc2ccccc2)c(Br)c1Br. The first-order valence-corrected chi connectivity index (χ1v) is 11.6. The number of rotatable bonds is 4. The number of halogens is 4. The van der Waals surface area contributed by atoms with E-state index in [0.717, 1.165) is 28.5 Å². The number of benzene rings is 2. The van der Waals surface area contributed by atoms with Crippen molar-refractivity contribution in [3.8, 4) is 11.5 Å². The molecule has 1 atom stereocenters. The molecule has 2 rings (SSSR count). The molecule has 2 nitrogen and oxygen atoms in total. The summed E-state index contributed by atoms with van der Waals surface area (Å²) >= 11 is 14.1. The number of hydrogen-bond acceptors (Lipinski definition) is 3. The largest absolute Gasteiger partial charge is 0.455 e. The zero-order valence-electron chi connectivity index (χ0n) is 10.5. The number of ether oxygens (including phenoxy) is 1. The Kier molecular flexibility index (Phi) is 6.83. The molecule has 0 fully saturated rings. The number of para-hydroxylation sites is 1. The lowest BCUT2D eigenvalue weighted by atomic mass is 10.3. The van der Waals surface area contributed by atoms with Gasteiger partial charge in [0.05, 0.1) is 32.6 Å². The maximum atomic E-state index is 11.5. The maximum Gasteiger partial charge on any atom is 0.158 e. The van der Waals surface area contributed by atoms with E-state index in [9.17, 15) is 4.21 Å². The molecule has 0 aliphatic heterocycles. The van der Waals surface area contributed by atoms with E-state index in [1.807, 2.05) is 30.3 Å². The Bertz CT molecular complexity index is 663. The summed E-state index contributed by atoms with van der Waals surface area (Å²) in [6, 6.07) is 9.51. The Balaban J connectivity index is 2.51. The van der Waals surface area contributed by atoms with Gasteiger partial charge in [-0.05, 0) is 86.6 Å². The zero-order chi connectivity index (χ0) is 15.6. The average molecular weight is 580 g/mol. The van der Waals surface area contributed by atoms with Crippen LogP contribution in [0.2, 0.25) is 0 Å². The second-order valence-corrected chi connectivity index (χ2v) is 10.3. The van der Waals surface area contributed by atoms with Crippen LogP contribution < -0.4 is 4.74 Å². The summed E-state index contributed by atoms with van der Waals surface area (Å²) in [6.07, 6.45) is 1.64. The Morgan fingerprint density at radius 2 is 1.48 bits per heavy atom. The van der Waals surface area contributed by atoms with E-state index < -0.39 is 9.83 Å². The highest BCUT2D eigenvalue weighted by Crippen LogP contribution is 2.51. The maximum absolute atomic E-state index is 11.5. The lowest BCUT2D eigenvalue weighted by Crippen LogP contribution is -1.92. The lowest BCUT2D eigenvalue weighted by Gasteiger charge is -2.16. The molecule has 0 amide bonds. The van der Waals surface area contributed by atoms with Gasteiger partial charge in [0.25, 0.3) is 0 Å². The molecule has 0 aromatic heterocycles. The molecule has 0 aliphatic rings. The van der Waals surface area contributed by atoms with Crippen LogP contribution in [0.1, 0.15) is 0 Å². The van der Waals surface area contributed by atoms with Crippen LogP contribution in [0, 0.1) is 0 Å². The van der Waals surface area contributed by atoms with Gasteiger partial charge in [0.2, 0.25) is 0 Å². The molecule has 0 radical (unpaired) electrons. The molecule has 1 unspecified atom stereocenters. The van der Waals surface area contributed by atoms with Crippen molar-refractivity contribution in [2.75, 3.05) is 6.26 Å². The third kappa shape index (κ3) is 4.35. The van der Waals surface area contributed by atoms with Gasteiger partial charge in [-0.2, -0.15) is 0 Å². The van der Waals surface area contributed by atoms with Crippen LogP contribution in [-0.2, 0) is 9.83 Å². The van der Waals surface area contributed by atoms with Crippen molar-refractivity contribution >= 4 is 84.3 Å². The Morgan fingerprint density at radius 3 is 1.95 bits per heavy atom. The molecule has 112 valence electrons. The van der Waals surface area contributed by atoms with Crippen molar-refractivity contribution in [1.29, 1.82) is 0 Å². The van der Waals surface area contributed by atoms with E-state index in [-0.39, 0.29) is 0 Å². The molecule has 0 spiro atoms. The Morgan fingerprint density at radius 1 is 0.952 bits per heavy atom. The van der Waals surface area contributed by atoms with Crippen molar-refractivity contribution in [1.82, 2.24) is 0 Å². The monoisotopic (exact) mass is 576 g/mol. The van der Waals surface area contributed by atoms with Crippen LogP contribution in [0.15, 0.2) is 53.1 Å². The number of hydrogen-bond donors (Lipinski definition) is 0. The van der Waals surface area contributed by atoms with Gasteiger partial charge in [-0.15, -0.1) is 0 Å². The van der Waals surface area contributed by atoms with E-state index in [2.05, 4.69) is 63.7 Å². The minimum absolute atomic E-state index is 0.645. The molecule has 0 saturated carbocycles. The molecule has 0 aliphatic carbocycles. The fourth-order valence-corrected chi connectivity index (χ4v) is 6.90. The first kappa shape index (κ1) is 18.0. The molecule has 0 saturated heterocycles. The third-order valence-corrected chi connectivity index (χ3v) is 9.05. The average Bonchev–Trinajstić information content (AvgIpc) is 2.47. The van der Waals surface area contributed by atoms with Crippen LogP contribution >= 0.6 is 74.5 Å². The topological polar surface area (TPSA) is 26.3 Å². The summed E-state index contributed by atoms with van der Waals surface area (Å²) in [5.74, 6) is 1.38. The Labute approximate surface area is 162 Å². The summed E-state index contributed by atoms with van der Waals surface area (Å²) in [5.41, 5.74) is 0. The third-order valence-electron chi connectivity index (χ3n) is 2.35. The van der Waals surface area contributed by atoms with E-state index in [0.29, 0.717) is 5.75 Å². The molecular formula is C13H8Br4O2S2. The van der Waals surface area contributed by atoms with Crippen molar-refractivity contribution in [3.63, 3.8) is 0 Å². The van der Waals surface area contributed by atoms with Crippen molar-refractivity contribution in [3.05, 3.63) is 48.2 Å². The van der Waals surface area contributed by atoms with Crippen LogP contribution in [0.25, 0.3) is 0 Å². The van der Waals surface area contributed by atoms with Crippen LogP contribution in [0.5, 0.6) is 11.5 Å². The van der Waals surface area contributed by atoms with Crippen LogP contribution in [0.3, 0.4) is 0 Å². The van der Waals surface area contributed by atoms with Gasteiger partial charge in [0.15, 0.2) is 5.75 Å². The highest BCUT2D eigenvalue weighted by atomic mass is 79.9. The minimum Gasteiger partial charge on any atom is -0.455 e. The van der Waals surface area contributed by atoms with Crippen molar-refractivity contribution in [2.24, 2.45) is 0 Å². The molecule has 2 aromatic rings. The molecule has 21 heavy (non-hydrogen) atoms. The first-order valence-electron chi connectivity index (χ1n) is 5.52. The minimum atomic E-state index is -1.02. The van der Waals surface area contributed by atoms with Gasteiger partial charge in [-0.25, -0.2) is 4.21 Å². The second kappa shape index (κ2) is 7.97. The van der Waals surface area contributed by atoms with Crippen LogP contribution in [-0.4, -0.2) is 10.5 Å². The van der Waals surface area contributed by atoms with E-state index in [4.69, 9.17) is 4.74 Å². The summed E-state index contributed by atoms with van der Waals surface area (Å²) < 4.78 is 20.5. The van der Waals surface area contributed by atoms with Crippen molar-refractivity contribution in [2.45, 2.75) is 4.90 Å². The normalized spacial score (nSPS) is 12.2. The van der Waals surface area contributed by atoms with E-state index >= 15 is 0 Å². The van der Waals surface area contributed by atoms with Crippen molar-refractivity contribution < 1.29 is 8.95 Å². The smallest absolute Gasteiger partial charge is 0.158 e. The van der Waals surface area contributed by atoms with Gasteiger partial charge in [-0.1, -0.05) is 18.2 Å². The zero-order valence-corrected chi connectivity index (χ0v) is 18.5. The van der Waals surface area contributed by atoms with Gasteiger partial charge in [0, 0.05) is 6.26 Å². The van der Waals surface area contributed by atoms with E-state index in [1.54, 1.807) is 6.26 Å². The standard InChI is InChI=1S/C13H8Br4O2S2/c1-21(18)20-13-10(16)8(14)12(9(15)11(13)17)19-7-5-3-2-4-6-7/h2-6H,1H3. The summed E-state index contributed by atoms with van der Waals surface area (Å²) in [7, 11) is 0.234. The van der Waals surface area contributed by atoms with E-state index in [1.165, 1.54) is 10.8 Å². The van der Waals surface area contributed by atoms with Gasteiger partial charge in [-0.3, -0.25) is 0 Å². The van der Waals surface area contributed by atoms with Gasteiger partial charge in [0.1, 0.15) is 5.75 Å². The fourth-order valence-electron chi connectivity index (χ4n) is 1.48. The van der Waals surface area contributed by atoms with Crippen LogP contribution in [0.4, 0.5) is 0 Å². The highest BCUT2D eigenvalue weighted by Gasteiger charge is 2.22. The predicted octanol–water partition coefficient (Wildman–Crippen LogP) is 6.91. The predicted molar refractivity (Wildman–Crippen MR) is 104 cm³/mol. The lowest BCUT2D eigenvalue weighted by molar-refractivity contribution is 0.475. The second-order valence-electron chi connectivity index (χ2n) is 3.81. The highest BCUT2D eigenvalue weighted by molar-refractivity contribution is 9.14. The molecule has 2 aromatic carbocycles. The molecule has 0 N–H and O–H groups in total. The molecule has 0 heterocycles. The van der Waals surface area contributed by atoms with Gasteiger partial charge < -0.3 is 4.74 Å². The molecule has 8 heteroatoms.